The first-order chi connectivity index (χ1) is 12.1. The van der Waals surface area contributed by atoms with E-state index >= 15 is 0 Å². The molecule has 1 heterocycles. The zero-order chi connectivity index (χ0) is 17.6. The van der Waals surface area contributed by atoms with E-state index in [0.29, 0.717) is 23.3 Å². The molecule has 3 rings (SSSR count). The highest BCUT2D eigenvalue weighted by atomic mass is 32.1. The molecule has 2 amide bonds. The number of carbonyl (C=O) groups excluding carboxylic acids is 2. The Morgan fingerprint density at radius 3 is 2.64 bits per heavy atom. The third-order valence-electron chi connectivity index (χ3n) is 4.62. The van der Waals surface area contributed by atoms with Gasteiger partial charge in [0.15, 0.2) is 5.13 Å². The first kappa shape index (κ1) is 17.6. The van der Waals surface area contributed by atoms with E-state index in [1.807, 2.05) is 42.3 Å². The number of nitrogens with one attached hydrogen (secondary N) is 1. The number of rotatable bonds is 5. The maximum atomic E-state index is 12.6. The highest BCUT2D eigenvalue weighted by Gasteiger charge is 2.24. The van der Waals surface area contributed by atoms with Gasteiger partial charge >= 0.3 is 0 Å². The number of carbonyl (C=O) groups is 2. The van der Waals surface area contributed by atoms with Gasteiger partial charge in [-0.1, -0.05) is 49.6 Å². The zero-order valence-corrected chi connectivity index (χ0v) is 15.2. The molecular formula is C19H23N3O2S. The van der Waals surface area contributed by atoms with Crippen molar-refractivity contribution in [2.75, 3.05) is 12.4 Å². The lowest BCUT2D eigenvalue weighted by atomic mass is 9.94. The SMILES string of the molecule is CN(C(=O)c1csc(NC(=O)Cc2ccccc2)n1)C1CCCCC1. The van der Waals surface area contributed by atoms with Crippen LogP contribution in [0.4, 0.5) is 5.13 Å². The Morgan fingerprint density at radius 2 is 1.92 bits per heavy atom. The number of aromatic nitrogens is 1. The van der Waals surface area contributed by atoms with Gasteiger partial charge in [-0.25, -0.2) is 4.98 Å². The first-order valence-electron chi connectivity index (χ1n) is 8.70. The van der Waals surface area contributed by atoms with Crippen molar-refractivity contribution in [3.63, 3.8) is 0 Å². The summed E-state index contributed by atoms with van der Waals surface area (Å²) in [6, 6.07) is 9.86. The third kappa shape index (κ3) is 4.66. The summed E-state index contributed by atoms with van der Waals surface area (Å²) in [4.78, 5) is 30.8. The van der Waals surface area contributed by atoms with Gasteiger partial charge in [-0.2, -0.15) is 0 Å². The van der Waals surface area contributed by atoms with Crippen molar-refractivity contribution in [3.8, 4) is 0 Å². The quantitative estimate of drug-likeness (QED) is 0.887. The summed E-state index contributed by atoms with van der Waals surface area (Å²) >= 11 is 1.29. The van der Waals surface area contributed by atoms with Crippen molar-refractivity contribution in [1.82, 2.24) is 9.88 Å². The van der Waals surface area contributed by atoms with Crippen LogP contribution < -0.4 is 5.32 Å². The van der Waals surface area contributed by atoms with Crippen LogP contribution in [0.3, 0.4) is 0 Å². The van der Waals surface area contributed by atoms with E-state index in [0.717, 1.165) is 18.4 Å². The molecule has 0 bridgehead atoms. The molecule has 1 fully saturated rings. The van der Waals surface area contributed by atoms with E-state index in [4.69, 9.17) is 0 Å². The molecule has 25 heavy (non-hydrogen) atoms. The summed E-state index contributed by atoms with van der Waals surface area (Å²) in [5.74, 6) is -0.188. The molecule has 0 spiro atoms. The van der Waals surface area contributed by atoms with Crippen molar-refractivity contribution >= 4 is 28.3 Å². The molecule has 1 aliphatic rings. The van der Waals surface area contributed by atoms with Crippen molar-refractivity contribution in [1.29, 1.82) is 0 Å². The second-order valence-corrected chi connectivity index (χ2v) is 7.31. The monoisotopic (exact) mass is 357 g/mol. The maximum absolute atomic E-state index is 12.6. The molecular weight excluding hydrogens is 334 g/mol. The average molecular weight is 357 g/mol. The molecule has 0 atom stereocenters. The van der Waals surface area contributed by atoms with Crippen LogP contribution in [0.2, 0.25) is 0 Å². The highest BCUT2D eigenvalue weighted by molar-refractivity contribution is 7.14. The minimum Gasteiger partial charge on any atom is -0.337 e. The molecule has 6 heteroatoms. The molecule has 0 unspecified atom stereocenters. The lowest BCUT2D eigenvalue weighted by Crippen LogP contribution is -2.38. The van der Waals surface area contributed by atoms with Crippen LogP contribution in [0.15, 0.2) is 35.7 Å². The topological polar surface area (TPSA) is 62.3 Å². The van der Waals surface area contributed by atoms with Gasteiger partial charge < -0.3 is 10.2 Å². The molecule has 132 valence electrons. The standard InChI is InChI=1S/C19H23N3O2S/c1-22(15-10-6-3-7-11-15)18(24)16-13-25-19(20-16)21-17(23)12-14-8-4-2-5-9-14/h2,4-5,8-9,13,15H,3,6-7,10-12H2,1H3,(H,20,21,23). The molecule has 1 N–H and O–H groups in total. The zero-order valence-electron chi connectivity index (χ0n) is 14.4. The third-order valence-corrected chi connectivity index (χ3v) is 5.38. The fraction of sp³-hybridized carbons (Fsp3) is 0.421. The van der Waals surface area contributed by atoms with Crippen molar-refractivity contribution in [3.05, 3.63) is 47.0 Å². The van der Waals surface area contributed by atoms with Gasteiger partial charge in [0.1, 0.15) is 5.69 Å². The summed E-state index contributed by atoms with van der Waals surface area (Å²) < 4.78 is 0. The summed E-state index contributed by atoms with van der Waals surface area (Å²) in [6.07, 6.45) is 6.04. The van der Waals surface area contributed by atoms with E-state index in [1.165, 1.54) is 30.6 Å². The number of benzene rings is 1. The van der Waals surface area contributed by atoms with E-state index in [1.54, 1.807) is 5.38 Å². The molecule has 5 nitrogen and oxygen atoms in total. The number of hydrogen-bond acceptors (Lipinski definition) is 4. The lowest BCUT2D eigenvalue weighted by molar-refractivity contribution is -0.115. The normalized spacial score (nSPS) is 14.9. The van der Waals surface area contributed by atoms with Crippen LogP contribution >= 0.6 is 11.3 Å². The van der Waals surface area contributed by atoms with Crippen molar-refractivity contribution in [2.45, 2.75) is 44.6 Å². The van der Waals surface area contributed by atoms with Crippen LogP contribution in [-0.4, -0.2) is 34.8 Å². The molecule has 2 aromatic rings. The average Bonchev–Trinajstić information content (AvgIpc) is 3.10. The van der Waals surface area contributed by atoms with Crippen LogP contribution in [0.1, 0.15) is 48.2 Å². The molecule has 1 saturated carbocycles. The Balaban J connectivity index is 1.57. The first-order valence-corrected chi connectivity index (χ1v) is 9.58. The van der Waals surface area contributed by atoms with Gasteiger partial charge in [0.2, 0.25) is 5.91 Å². The van der Waals surface area contributed by atoms with Gasteiger partial charge in [0.05, 0.1) is 6.42 Å². The molecule has 0 saturated heterocycles. The van der Waals surface area contributed by atoms with Gasteiger partial charge in [-0.3, -0.25) is 9.59 Å². The Kier molecular flexibility index (Phi) is 5.81. The molecule has 1 aliphatic carbocycles. The van der Waals surface area contributed by atoms with Crippen LogP contribution in [0.25, 0.3) is 0 Å². The summed E-state index contributed by atoms with van der Waals surface area (Å²) in [5.41, 5.74) is 1.36. The number of nitrogens with zero attached hydrogens (tertiary/aromatic N) is 2. The summed E-state index contributed by atoms with van der Waals surface area (Å²) in [7, 11) is 1.85. The fourth-order valence-corrected chi connectivity index (χ4v) is 3.89. The number of hydrogen-bond donors (Lipinski definition) is 1. The lowest BCUT2D eigenvalue weighted by Gasteiger charge is -2.30. The predicted molar refractivity (Wildman–Crippen MR) is 99.9 cm³/mol. The van der Waals surface area contributed by atoms with Gasteiger partial charge in [0.25, 0.3) is 5.91 Å². The Morgan fingerprint density at radius 1 is 1.20 bits per heavy atom. The second kappa shape index (κ2) is 8.25. The van der Waals surface area contributed by atoms with Crippen LogP contribution in [-0.2, 0) is 11.2 Å². The van der Waals surface area contributed by atoms with Crippen molar-refractivity contribution in [2.24, 2.45) is 0 Å². The predicted octanol–water partition coefficient (Wildman–Crippen LogP) is 3.73. The van der Waals surface area contributed by atoms with Crippen LogP contribution in [0, 0.1) is 0 Å². The summed E-state index contributed by atoms with van der Waals surface area (Å²) in [6.45, 7) is 0. The van der Waals surface area contributed by atoms with Crippen molar-refractivity contribution < 1.29 is 9.59 Å². The van der Waals surface area contributed by atoms with Gasteiger partial charge in [0, 0.05) is 18.5 Å². The van der Waals surface area contributed by atoms with E-state index in [9.17, 15) is 9.59 Å². The maximum Gasteiger partial charge on any atom is 0.273 e. The van der Waals surface area contributed by atoms with Crippen LogP contribution in [0.5, 0.6) is 0 Å². The number of anilines is 1. The van der Waals surface area contributed by atoms with E-state index in [2.05, 4.69) is 10.3 Å². The Labute approximate surface area is 152 Å². The smallest absolute Gasteiger partial charge is 0.273 e. The minimum atomic E-state index is -0.125. The molecule has 0 aliphatic heterocycles. The van der Waals surface area contributed by atoms with E-state index < -0.39 is 0 Å². The van der Waals surface area contributed by atoms with Gasteiger partial charge in [-0.15, -0.1) is 11.3 Å². The second-order valence-electron chi connectivity index (χ2n) is 6.46. The van der Waals surface area contributed by atoms with E-state index in [-0.39, 0.29) is 11.8 Å². The molecule has 1 aromatic heterocycles. The number of amides is 2. The highest BCUT2D eigenvalue weighted by Crippen LogP contribution is 2.24. The minimum absolute atomic E-state index is 0.0632. The largest absolute Gasteiger partial charge is 0.337 e. The fourth-order valence-electron chi connectivity index (χ4n) is 3.19. The Bertz CT molecular complexity index is 723. The van der Waals surface area contributed by atoms with Gasteiger partial charge in [-0.05, 0) is 18.4 Å². The number of thiazole rings is 1. The molecule has 0 radical (unpaired) electrons. The summed E-state index contributed by atoms with van der Waals surface area (Å²) in [5, 5.41) is 4.98. The Hall–Kier alpha value is -2.21. The molecule has 1 aromatic carbocycles.